The molecule has 0 spiro atoms. The summed E-state index contributed by atoms with van der Waals surface area (Å²) in [6.07, 6.45) is -7.90. The van der Waals surface area contributed by atoms with Gasteiger partial charge in [0.05, 0.1) is 6.61 Å². The molecule has 0 fully saturated rings. The largest absolute Gasteiger partial charge is 0.494 e. The standard InChI is InChI=1S/C20H19F17O4S2/c1-4-40-11-7-9-12(10-8-11)42(5-2,6-3)41-43(38,39)20(36,37)18(31,32)16(27,28)14(23,24)13(21,22)15(25,26)17(29,30)19(33,34)35/h7-10H,4-6H2,1-3H3. The Balaban J connectivity index is 3.77. The van der Waals surface area contributed by atoms with Crippen molar-refractivity contribution in [3.05, 3.63) is 24.3 Å². The van der Waals surface area contributed by atoms with E-state index in [1.54, 1.807) is 0 Å². The number of benzene rings is 1. The van der Waals surface area contributed by atoms with E-state index in [2.05, 4.69) is 3.63 Å². The minimum atomic E-state index is -8.91. The van der Waals surface area contributed by atoms with E-state index in [0.29, 0.717) is 0 Å². The fourth-order valence-electron chi connectivity index (χ4n) is 3.14. The maximum absolute atomic E-state index is 14.6. The Kier molecular flexibility index (Phi) is 10.4. The zero-order chi connectivity index (χ0) is 34.5. The summed E-state index contributed by atoms with van der Waals surface area (Å²) in [4.78, 5) is -0.388. The molecule has 0 aliphatic rings. The maximum Gasteiger partial charge on any atom is 0.460 e. The van der Waals surface area contributed by atoms with E-state index in [4.69, 9.17) is 4.74 Å². The molecule has 0 saturated carbocycles. The van der Waals surface area contributed by atoms with Crippen LogP contribution in [0.25, 0.3) is 0 Å². The minimum Gasteiger partial charge on any atom is -0.494 e. The van der Waals surface area contributed by atoms with Gasteiger partial charge in [-0.05, 0) is 31.2 Å². The molecular weight excluding hydrogens is 691 g/mol. The number of hydrogen-bond acceptors (Lipinski definition) is 4. The average Bonchev–Trinajstić information content (AvgIpc) is 2.86. The lowest BCUT2D eigenvalue weighted by Gasteiger charge is -2.43. The molecule has 23 heteroatoms. The highest BCUT2D eigenvalue weighted by Gasteiger charge is 2.96. The SMILES string of the molecule is CCOc1ccc(S(CC)(CC)OS(=O)(=O)C(F)(F)C(F)(F)C(F)(F)C(F)(F)C(F)(F)C(F)(F)C(F)(F)C(F)(F)F)cc1. The first kappa shape index (κ1) is 39.1. The Bertz CT molecular complexity index is 1220. The molecule has 1 aromatic rings. The summed E-state index contributed by atoms with van der Waals surface area (Å²) < 4.78 is 264. The van der Waals surface area contributed by atoms with Gasteiger partial charge in [-0.1, -0.05) is 24.2 Å². The molecule has 0 bridgehead atoms. The zero-order valence-electron chi connectivity index (χ0n) is 21.3. The summed E-state index contributed by atoms with van der Waals surface area (Å²) in [7, 11) is -11.5. The van der Waals surface area contributed by atoms with Crippen molar-refractivity contribution in [1.29, 1.82) is 0 Å². The van der Waals surface area contributed by atoms with Crippen LogP contribution in [-0.4, -0.2) is 73.5 Å². The predicted octanol–water partition coefficient (Wildman–Crippen LogP) is 8.52. The molecule has 0 unspecified atom stereocenters. The molecule has 0 N–H and O–H groups in total. The molecular formula is C20H19F17O4S2. The highest BCUT2D eigenvalue weighted by molar-refractivity contribution is 8.33. The third kappa shape index (κ3) is 5.69. The topological polar surface area (TPSA) is 52.6 Å². The normalized spacial score (nSPS) is 15.9. The Morgan fingerprint density at radius 3 is 1.23 bits per heavy atom. The van der Waals surface area contributed by atoms with E-state index < -0.39 is 78.9 Å². The van der Waals surface area contributed by atoms with Gasteiger partial charge in [-0.2, -0.15) is 83.1 Å². The minimum absolute atomic E-state index is 0.0715. The van der Waals surface area contributed by atoms with E-state index in [1.807, 2.05) is 0 Å². The quantitative estimate of drug-likeness (QED) is 0.182. The van der Waals surface area contributed by atoms with E-state index in [1.165, 1.54) is 6.92 Å². The van der Waals surface area contributed by atoms with Crippen molar-refractivity contribution in [2.45, 2.75) is 72.6 Å². The third-order valence-corrected chi connectivity index (χ3v) is 11.4. The predicted molar refractivity (Wildman–Crippen MR) is 115 cm³/mol. The number of halogens is 17. The number of hydrogen-bond donors (Lipinski definition) is 0. The fraction of sp³-hybridized carbons (Fsp3) is 0.700. The van der Waals surface area contributed by atoms with Crippen LogP contribution >= 0.6 is 10.3 Å². The first-order chi connectivity index (χ1) is 18.9. The monoisotopic (exact) mass is 710 g/mol. The van der Waals surface area contributed by atoms with Gasteiger partial charge in [-0.25, -0.2) is 3.63 Å². The molecule has 0 amide bonds. The van der Waals surface area contributed by atoms with Crippen molar-refractivity contribution in [2.24, 2.45) is 0 Å². The molecule has 0 aliphatic heterocycles. The van der Waals surface area contributed by atoms with Gasteiger partial charge >= 0.3 is 57.1 Å². The molecule has 1 aromatic carbocycles. The van der Waals surface area contributed by atoms with E-state index in [0.717, 1.165) is 38.1 Å². The fourth-order valence-corrected chi connectivity index (χ4v) is 8.09. The Labute approximate surface area is 233 Å². The van der Waals surface area contributed by atoms with Crippen LogP contribution in [0, 0.1) is 0 Å². The number of ether oxygens (including phenoxy) is 1. The smallest absolute Gasteiger partial charge is 0.460 e. The third-order valence-electron chi connectivity index (χ3n) is 5.72. The van der Waals surface area contributed by atoms with Gasteiger partial charge in [-0.3, -0.25) is 0 Å². The van der Waals surface area contributed by atoms with Crippen LogP contribution in [0.4, 0.5) is 74.6 Å². The summed E-state index contributed by atoms with van der Waals surface area (Å²) in [6, 6.07) is 4.02. The molecule has 1 rings (SSSR count). The second-order valence-electron chi connectivity index (χ2n) is 8.28. The highest BCUT2D eigenvalue weighted by Crippen LogP contribution is 2.66. The first-order valence-corrected chi connectivity index (χ1v) is 14.4. The first-order valence-electron chi connectivity index (χ1n) is 11.1. The molecule has 0 aliphatic carbocycles. The van der Waals surface area contributed by atoms with Gasteiger partial charge in [0, 0.05) is 16.4 Å². The van der Waals surface area contributed by atoms with Crippen LogP contribution < -0.4 is 4.74 Å². The van der Waals surface area contributed by atoms with Gasteiger partial charge in [0.25, 0.3) is 0 Å². The Morgan fingerprint density at radius 1 is 0.558 bits per heavy atom. The maximum atomic E-state index is 14.6. The Morgan fingerprint density at radius 2 is 0.907 bits per heavy atom. The van der Waals surface area contributed by atoms with Crippen LogP contribution in [0.1, 0.15) is 20.8 Å². The molecule has 0 saturated heterocycles. The lowest BCUT2D eigenvalue weighted by molar-refractivity contribution is -0.458. The van der Waals surface area contributed by atoms with Gasteiger partial charge in [0.15, 0.2) is 0 Å². The summed E-state index contributed by atoms with van der Waals surface area (Å²) in [5.41, 5.74) is 0. The van der Waals surface area contributed by atoms with Crippen LogP contribution in [0.15, 0.2) is 29.2 Å². The van der Waals surface area contributed by atoms with Gasteiger partial charge in [0.2, 0.25) is 0 Å². The highest BCUT2D eigenvalue weighted by atomic mass is 32.3. The number of alkyl halides is 17. The zero-order valence-corrected chi connectivity index (χ0v) is 22.9. The van der Waals surface area contributed by atoms with Gasteiger partial charge < -0.3 is 4.74 Å². The molecule has 0 heterocycles. The lowest BCUT2D eigenvalue weighted by Crippen LogP contribution is -2.75. The van der Waals surface area contributed by atoms with Crippen molar-refractivity contribution in [3.8, 4) is 5.75 Å². The molecule has 254 valence electrons. The van der Waals surface area contributed by atoms with E-state index in [9.17, 15) is 83.1 Å². The molecule has 0 atom stereocenters. The molecule has 43 heavy (non-hydrogen) atoms. The van der Waals surface area contributed by atoms with Crippen molar-refractivity contribution in [3.63, 3.8) is 0 Å². The lowest BCUT2D eigenvalue weighted by atomic mass is 9.91. The Hall–Kier alpha value is -1.91. The van der Waals surface area contributed by atoms with Crippen LogP contribution in [0.2, 0.25) is 0 Å². The summed E-state index contributed by atoms with van der Waals surface area (Å²) in [5, 5.41) is -7.74. The van der Waals surface area contributed by atoms with Gasteiger partial charge in [-0.15, -0.1) is 0 Å². The average molecular weight is 710 g/mol. The van der Waals surface area contributed by atoms with Crippen molar-refractivity contribution in [2.75, 3.05) is 18.1 Å². The second kappa shape index (κ2) is 11.5. The molecule has 0 radical (unpaired) electrons. The van der Waals surface area contributed by atoms with Crippen LogP contribution in [0.5, 0.6) is 5.75 Å². The summed E-state index contributed by atoms with van der Waals surface area (Å²) >= 11 is 0. The van der Waals surface area contributed by atoms with Crippen molar-refractivity contribution < 1.29 is 91.4 Å². The summed E-state index contributed by atoms with van der Waals surface area (Å²) in [5.74, 6) is -53.4. The van der Waals surface area contributed by atoms with E-state index >= 15 is 0 Å². The van der Waals surface area contributed by atoms with E-state index in [-0.39, 0.29) is 17.3 Å². The number of rotatable bonds is 14. The van der Waals surface area contributed by atoms with Gasteiger partial charge in [0.1, 0.15) is 5.75 Å². The van der Waals surface area contributed by atoms with Crippen LogP contribution in [-0.2, 0) is 13.7 Å². The molecule has 0 aromatic heterocycles. The molecule has 4 nitrogen and oxygen atoms in total. The van der Waals surface area contributed by atoms with Crippen molar-refractivity contribution >= 4 is 20.4 Å². The summed E-state index contributed by atoms with van der Waals surface area (Å²) in [6.45, 7) is 3.57. The second-order valence-corrected chi connectivity index (χ2v) is 13.5. The van der Waals surface area contributed by atoms with Crippen molar-refractivity contribution in [1.82, 2.24) is 0 Å². The van der Waals surface area contributed by atoms with Crippen LogP contribution in [0.3, 0.4) is 0 Å².